The molecule has 4 rings (SSSR count). The maximum atomic E-state index is 2.44. The third kappa shape index (κ3) is 3.10. The van der Waals surface area contributed by atoms with Crippen LogP contribution in [-0.4, -0.2) is 8.07 Å². The third-order valence-corrected chi connectivity index (χ3v) is 10.9. The average Bonchev–Trinajstić information content (AvgIpc) is 3.02. The van der Waals surface area contributed by atoms with E-state index in [1.54, 1.807) is 5.20 Å². The van der Waals surface area contributed by atoms with Gasteiger partial charge in [-0.3, -0.25) is 0 Å². The summed E-state index contributed by atoms with van der Waals surface area (Å²) in [6, 6.07) is 29.6. The lowest BCUT2D eigenvalue weighted by Gasteiger charge is -2.37. The molecule has 3 aromatic carbocycles. The molecule has 0 fully saturated rings. The van der Waals surface area contributed by atoms with Gasteiger partial charge in [-0.25, -0.2) is 0 Å². The predicted octanol–water partition coefficient (Wildman–Crippen LogP) is 4.98. The first-order chi connectivity index (χ1) is 13.5. The average molecular weight is 381 g/mol. The van der Waals surface area contributed by atoms with Gasteiger partial charge in [0, 0.05) is 0 Å². The van der Waals surface area contributed by atoms with Crippen LogP contribution in [0.3, 0.4) is 0 Å². The molecule has 0 atom stereocenters. The second-order valence-electron chi connectivity index (χ2n) is 8.19. The molecular weight excluding hydrogens is 352 g/mol. The molecule has 0 saturated heterocycles. The van der Waals surface area contributed by atoms with Crippen molar-refractivity contribution in [1.82, 2.24) is 0 Å². The molecule has 0 N–H and O–H groups in total. The first kappa shape index (κ1) is 18.7. The summed E-state index contributed by atoms with van der Waals surface area (Å²) in [6.07, 6.45) is 3.47. The molecule has 0 aliphatic heterocycles. The Bertz CT molecular complexity index is 996. The van der Waals surface area contributed by atoms with Gasteiger partial charge < -0.3 is 0 Å². The van der Waals surface area contributed by atoms with Crippen LogP contribution in [0.5, 0.6) is 0 Å². The first-order valence-electron chi connectivity index (χ1n) is 10.1. The highest BCUT2D eigenvalue weighted by molar-refractivity contribution is 7.16. The fourth-order valence-electron chi connectivity index (χ4n) is 4.94. The summed E-state index contributed by atoms with van der Waals surface area (Å²) in [5.41, 5.74) is 5.62. The summed E-state index contributed by atoms with van der Waals surface area (Å²) < 4.78 is 0. The zero-order chi connectivity index (χ0) is 19.7. The second kappa shape index (κ2) is 7.41. The lowest BCUT2D eigenvalue weighted by atomic mass is 10.2. The number of aryl methyl sites for hydroxylation is 2. The van der Waals surface area contributed by atoms with Gasteiger partial charge in [0.25, 0.3) is 0 Å². The van der Waals surface area contributed by atoms with Gasteiger partial charge in [0.05, 0.1) is 0 Å². The Balaban J connectivity index is 2.14. The molecule has 0 radical (unpaired) electrons. The van der Waals surface area contributed by atoms with Crippen LogP contribution in [0.25, 0.3) is 0 Å². The van der Waals surface area contributed by atoms with Gasteiger partial charge in [-0.1, -0.05) is 112 Å². The first-order valence-corrected chi connectivity index (χ1v) is 12.1. The molecule has 140 valence electrons. The number of hydrogen-bond acceptors (Lipinski definition) is 0. The van der Waals surface area contributed by atoms with Gasteiger partial charge >= 0.3 is 0 Å². The maximum Gasteiger partial charge on any atom is 0.176 e. The van der Waals surface area contributed by atoms with Crippen LogP contribution in [-0.2, 0) is 0 Å². The van der Waals surface area contributed by atoms with E-state index in [1.165, 1.54) is 37.8 Å². The van der Waals surface area contributed by atoms with Crippen LogP contribution < -0.4 is 15.6 Å². The van der Waals surface area contributed by atoms with Crippen LogP contribution in [0.4, 0.5) is 0 Å². The molecule has 28 heavy (non-hydrogen) atoms. The highest BCUT2D eigenvalue weighted by Crippen LogP contribution is 2.32. The van der Waals surface area contributed by atoms with Crippen LogP contribution in [0.1, 0.15) is 31.4 Å². The number of rotatable bonds is 4. The second-order valence-corrected chi connectivity index (χ2v) is 12.0. The molecule has 0 heterocycles. The molecule has 1 heteroatoms. The van der Waals surface area contributed by atoms with Crippen molar-refractivity contribution in [3.63, 3.8) is 0 Å². The van der Waals surface area contributed by atoms with E-state index in [2.05, 4.69) is 113 Å². The van der Waals surface area contributed by atoms with Crippen molar-refractivity contribution in [3.05, 3.63) is 112 Å². The van der Waals surface area contributed by atoms with E-state index in [4.69, 9.17) is 0 Å². The van der Waals surface area contributed by atoms with Crippen molar-refractivity contribution >= 4 is 23.6 Å². The van der Waals surface area contributed by atoms with E-state index < -0.39 is 8.07 Å². The zero-order valence-electron chi connectivity index (χ0n) is 17.3. The Morgan fingerprint density at radius 3 is 1.54 bits per heavy atom. The Labute approximate surface area is 170 Å². The molecule has 0 aromatic heterocycles. The van der Waals surface area contributed by atoms with Gasteiger partial charge in [0.2, 0.25) is 0 Å². The molecule has 3 aromatic rings. The van der Waals surface area contributed by atoms with Crippen molar-refractivity contribution < 1.29 is 0 Å². The lowest BCUT2D eigenvalue weighted by Crippen LogP contribution is -2.68. The highest BCUT2D eigenvalue weighted by atomic mass is 28.3. The molecule has 1 aliphatic rings. The summed E-state index contributed by atoms with van der Waals surface area (Å²) in [4.78, 5) is 0. The normalized spacial score (nSPS) is 14.4. The van der Waals surface area contributed by atoms with Crippen molar-refractivity contribution in [2.45, 2.75) is 34.1 Å². The van der Waals surface area contributed by atoms with E-state index in [0.29, 0.717) is 0 Å². The van der Waals surface area contributed by atoms with Crippen molar-refractivity contribution in [1.29, 1.82) is 0 Å². The largest absolute Gasteiger partial charge is 0.176 e. The molecule has 0 unspecified atom stereocenters. The Hall–Kier alpha value is -2.64. The SMILES string of the molecule is CC1=CC(C)=C([Si](c2ccccc2)(c2ccccc2)c2cc(C)cc(C)c2)C1. The van der Waals surface area contributed by atoms with Gasteiger partial charge in [0.15, 0.2) is 8.07 Å². The van der Waals surface area contributed by atoms with Crippen LogP contribution in [0, 0.1) is 13.8 Å². The molecule has 0 nitrogen and oxygen atoms in total. The summed E-state index contributed by atoms with van der Waals surface area (Å²) in [7, 11) is -2.33. The third-order valence-electron chi connectivity index (χ3n) is 5.92. The Morgan fingerprint density at radius 1 is 0.607 bits per heavy atom. The maximum absolute atomic E-state index is 2.44. The monoisotopic (exact) mass is 380 g/mol. The molecular formula is C27H28Si. The topological polar surface area (TPSA) is 0 Å². The number of hydrogen-bond donors (Lipinski definition) is 0. The standard InChI is InChI=1S/C27H28Si/c1-20-15-21(2)18-26(17-20)28(24-11-7-5-8-12-24,25-13-9-6-10-14-25)27-19-22(3)16-23(27)4/h5-18H,19H2,1-4H3. The minimum atomic E-state index is -2.33. The smallest absolute Gasteiger partial charge is 0.0694 e. The van der Waals surface area contributed by atoms with E-state index in [-0.39, 0.29) is 0 Å². The molecule has 1 aliphatic carbocycles. The zero-order valence-corrected chi connectivity index (χ0v) is 18.3. The summed E-state index contributed by atoms with van der Waals surface area (Å²) in [5.74, 6) is 0. The number of allylic oxidation sites excluding steroid dienone is 4. The molecule has 0 spiro atoms. The molecule has 0 amide bonds. The van der Waals surface area contributed by atoms with Crippen molar-refractivity contribution in [2.75, 3.05) is 0 Å². The summed E-state index contributed by atoms with van der Waals surface area (Å²) >= 11 is 0. The quantitative estimate of drug-likeness (QED) is 0.442. The fourth-order valence-corrected chi connectivity index (χ4v) is 10.5. The van der Waals surface area contributed by atoms with E-state index in [9.17, 15) is 0 Å². The highest BCUT2D eigenvalue weighted by Gasteiger charge is 2.44. The Morgan fingerprint density at radius 2 is 1.11 bits per heavy atom. The lowest BCUT2D eigenvalue weighted by molar-refractivity contribution is 1.21. The van der Waals surface area contributed by atoms with E-state index >= 15 is 0 Å². The predicted molar refractivity (Wildman–Crippen MR) is 125 cm³/mol. The van der Waals surface area contributed by atoms with Gasteiger partial charge in [-0.05, 0) is 49.7 Å². The van der Waals surface area contributed by atoms with Crippen molar-refractivity contribution in [3.8, 4) is 0 Å². The minimum Gasteiger partial charge on any atom is -0.0694 e. The van der Waals surface area contributed by atoms with Gasteiger partial charge in [0.1, 0.15) is 0 Å². The number of benzene rings is 3. The van der Waals surface area contributed by atoms with E-state index in [0.717, 1.165) is 6.42 Å². The minimum absolute atomic E-state index is 1.08. The molecule has 0 saturated carbocycles. The fraction of sp³-hybridized carbons (Fsp3) is 0.185. The van der Waals surface area contributed by atoms with Crippen LogP contribution >= 0.6 is 0 Å². The van der Waals surface area contributed by atoms with E-state index in [1.807, 2.05) is 0 Å². The van der Waals surface area contributed by atoms with Crippen LogP contribution in [0.2, 0.25) is 0 Å². The van der Waals surface area contributed by atoms with Gasteiger partial charge in [-0.2, -0.15) is 0 Å². The summed E-state index contributed by atoms with van der Waals surface area (Å²) in [5, 5.41) is 6.08. The Kier molecular flexibility index (Phi) is 4.95. The summed E-state index contributed by atoms with van der Waals surface area (Å²) in [6.45, 7) is 9.03. The van der Waals surface area contributed by atoms with Crippen molar-refractivity contribution in [2.24, 2.45) is 0 Å². The van der Waals surface area contributed by atoms with Crippen LogP contribution in [0.15, 0.2) is 101 Å². The molecule has 0 bridgehead atoms. The van der Waals surface area contributed by atoms with Gasteiger partial charge in [-0.15, -0.1) is 0 Å².